The monoisotopic (exact) mass is 274 g/mol. The minimum atomic E-state index is 0.859. The Kier molecular flexibility index (Phi) is 4.72. The summed E-state index contributed by atoms with van der Waals surface area (Å²) in [7, 11) is 0. The Morgan fingerprint density at radius 1 is 1.11 bits per heavy atom. The molecule has 19 heavy (non-hydrogen) atoms. The molecule has 1 N–H and O–H groups in total. The van der Waals surface area contributed by atoms with E-state index in [4.69, 9.17) is 0 Å². The Labute approximate surface area is 119 Å². The molecule has 0 spiro atoms. The Morgan fingerprint density at radius 3 is 2.37 bits per heavy atom. The van der Waals surface area contributed by atoms with Gasteiger partial charge < -0.3 is 5.32 Å². The fourth-order valence-corrected chi connectivity index (χ4v) is 3.21. The van der Waals surface area contributed by atoms with Gasteiger partial charge in [-0.05, 0) is 43.9 Å². The summed E-state index contributed by atoms with van der Waals surface area (Å²) in [4.78, 5) is 5.79. The lowest BCUT2D eigenvalue weighted by Gasteiger charge is -2.11. The molecule has 0 saturated carbocycles. The van der Waals surface area contributed by atoms with Gasteiger partial charge in [-0.2, -0.15) is 0 Å². The highest BCUT2D eigenvalue weighted by atomic mass is 32.1. The fraction of sp³-hybridized carbons (Fsp3) is 0.438. The molecule has 1 aromatic carbocycles. The Hall–Kier alpha value is -1.19. The van der Waals surface area contributed by atoms with Gasteiger partial charge in [0, 0.05) is 24.2 Å². The second kappa shape index (κ2) is 6.31. The van der Waals surface area contributed by atoms with Crippen LogP contribution in [0.5, 0.6) is 0 Å². The molecule has 0 aliphatic rings. The molecule has 2 aromatic rings. The molecule has 0 bridgehead atoms. The van der Waals surface area contributed by atoms with Crippen LogP contribution in [0.2, 0.25) is 0 Å². The zero-order valence-electron chi connectivity index (χ0n) is 12.2. The van der Waals surface area contributed by atoms with Crippen LogP contribution >= 0.6 is 11.3 Å². The quantitative estimate of drug-likeness (QED) is 0.894. The van der Waals surface area contributed by atoms with Crippen molar-refractivity contribution in [2.24, 2.45) is 0 Å². The van der Waals surface area contributed by atoms with E-state index >= 15 is 0 Å². The molecular formula is C16H22N2S. The summed E-state index contributed by atoms with van der Waals surface area (Å²) >= 11 is 1.81. The normalized spacial score (nSPS) is 10.9. The summed E-state index contributed by atoms with van der Waals surface area (Å²) in [5.74, 6) is 0. The molecular weight excluding hydrogens is 252 g/mol. The van der Waals surface area contributed by atoms with Gasteiger partial charge in [0.1, 0.15) is 5.01 Å². The van der Waals surface area contributed by atoms with Crippen LogP contribution in [0.4, 0.5) is 0 Å². The summed E-state index contributed by atoms with van der Waals surface area (Å²) in [6.45, 7) is 10.5. The predicted octanol–water partition coefficient (Wildman–Crippen LogP) is 3.92. The average Bonchev–Trinajstić information content (AvgIpc) is 2.80. The molecule has 0 aliphatic carbocycles. The molecule has 1 aromatic heterocycles. The number of thiazole rings is 1. The summed E-state index contributed by atoms with van der Waals surface area (Å²) in [5.41, 5.74) is 5.50. The van der Waals surface area contributed by atoms with Gasteiger partial charge in [0.05, 0.1) is 0 Å². The van der Waals surface area contributed by atoms with Gasteiger partial charge in [-0.25, -0.2) is 4.98 Å². The second-order valence-electron chi connectivity index (χ2n) is 5.05. The van der Waals surface area contributed by atoms with Gasteiger partial charge in [0.2, 0.25) is 0 Å². The largest absolute Gasteiger partial charge is 0.306 e. The molecule has 0 saturated heterocycles. The van der Waals surface area contributed by atoms with Crippen molar-refractivity contribution in [1.29, 1.82) is 0 Å². The molecule has 0 unspecified atom stereocenters. The van der Waals surface area contributed by atoms with E-state index in [0.29, 0.717) is 0 Å². The predicted molar refractivity (Wildman–Crippen MR) is 82.7 cm³/mol. The van der Waals surface area contributed by atoms with Crippen LogP contribution in [0.3, 0.4) is 0 Å². The lowest BCUT2D eigenvalue weighted by Crippen LogP contribution is -2.14. The SMILES string of the molecule is CCc1cnc(CNCc2c(C)cc(C)cc2C)s1. The number of benzene rings is 1. The third kappa shape index (κ3) is 3.64. The molecule has 2 rings (SSSR count). The first-order valence-corrected chi connectivity index (χ1v) is 7.62. The van der Waals surface area contributed by atoms with Gasteiger partial charge >= 0.3 is 0 Å². The number of aromatic nitrogens is 1. The number of rotatable bonds is 5. The van der Waals surface area contributed by atoms with Crippen molar-refractivity contribution in [3.63, 3.8) is 0 Å². The molecule has 3 heteroatoms. The Bertz CT molecular complexity index is 535. The van der Waals surface area contributed by atoms with Crippen molar-refractivity contribution < 1.29 is 0 Å². The number of hydrogen-bond donors (Lipinski definition) is 1. The second-order valence-corrected chi connectivity index (χ2v) is 6.25. The molecule has 2 nitrogen and oxygen atoms in total. The lowest BCUT2D eigenvalue weighted by atomic mass is 10.00. The van der Waals surface area contributed by atoms with E-state index in [-0.39, 0.29) is 0 Å². The van der Waals surface area contributed by atoms with Crippen LogP contribution in [0.15, 0.2) is 18.3 Å². The average molecular weight is 274 g/mol. The van der Waals surface area contributed by atoms with Gasteiger partial charge in [-0.3, -0.25) is 0 Å². The number of hydrogen-bond acceptors (Lipinski definition) is 3. The fourth-order valence-electron chi connectivity index (χ4n) is 2.38. The van der Waals surface area contributed by atoms with E-state index in [1.165, 1.54) is 32.1 Å². The third-order valence-corrected chi connectivity index (χ3v) is 4.51. The smallest absolute Gasteiger partial charge is 0.107 e. The third-order valence-electron chi connectivity index (χ3n) is 3.37. The number of nitrogens with zero attached hydrogens (tertiary/aromatic N) is 1. The molecule has 0 fully saturated rings. The van der Waals surface area contributed by atoms with Crippen molar-refractivity contribution in [2.45, 2.75) is 47.2 Å². The van der Waals surface area contributed by atoms with E-state index in [9.17, 15) is 0 Å². The molecule has 0 radical (unpaired) electrons. The van der Waals surface area contributed by atoms with Crippen LogP contribution in [-0.4, -0.2) is 4.98 Å². The summed E-state index contributed by atoms with van der Waals surface area (Å²) in [6, 6.07) is 4.51. The Balaban J connectivity index is 1.96. The number of aryl methyl sites for hydroxylation is 4. The van der Waals surface area contributed by atoms with Gasteiger partial charge in [-0.1, -0.05) is 24.6 Å². The van der Waals surface area contributed by atoms with E-state index in [0.717, 1.165) is 19.5 Å². The standard InChI is InChI=1S/C16H22N2S/c1-5-14-8-18-16(19-14)10-17-9-15-12(3)6-11(2)7-13(15)4/h6-8,17H,5,9-10H2,1-4H3. The molecule has 0 aliphatic heterocycles. The van der Waals surface area contributed by atoms with Crippen molar-refractivity contribution in [3.8, 4) is 0 Å². The maximum Gasteiger partial charge on any atom is 0.107 e. The highest BCUT2D eigenvalue weighted by molar-refractivity contribution is 7.11. The first kappa shape index (κ1) is 14.2. The zero-order chi connectivity index (χ0) is 13.8. The summed E-state index contributed by atoms with van der Waals surface area (Å²) in [6.07, 6.45) is 3.07. The molecule has 0 amide bonds. The van der Waals surface area contributed by atoms with Crippen molar-refractivity contribution >= 4 is 11.3 Å². The van der Waals surface area contributed by atoms with Gasteiger partial charge in [0.15, 0.2) is 0 Å². The lowest BCUT2D eigenvalue weighted by molar-refractivity contribution is 0.684. The minimum absolute atomic E-state index is 0.859. The highest BCUT2D eigenvalue weighted by Crippen LogP contribution is 2.17. The van der Waals surface area contributed by atoms with Gasteiger partial charge in [0.25, 0.3) is 0 Å². The van der Waals surface area contributed by atoms with E-state index in [1.54, 1.807) is 11.3 Å². The van der Waals surface area contributed by atoms with Crippen LogP contribution in [0.1, 0.15) is 39.1 Å². The summed E-state index contributed by atoms with van der Waals surface area (Å²) in [5, 5.41) is 4.68. The first-order valence-electron chi connectivity index (χ1n) is 6.81. The van der Waals surface area contributed by atoms with Crippen LogP contribution in [0.25, 0.3) is 0 Å². The van der Waals surface area contributed by atoms with Crippen molar-refractivity contribution in [3.05, 3.63) is 50.5 Å². The topological polar surface area (TPSA) is 24.9 Å². The molecule has 1 heterocycles. The van der Waals surface area contributed by atoms with E-state index in [1.807, 2.05) is 6.20 Å². The summed E-state index contributed by atoms with van der Waals surface area (Å²) < 4.78 is 0. The van der Waals surface area contributed by atoms with Crippen LogP contribution < -0.4 is 5.32 Å². The maximum absolute atomic E-state index is 4.43. The maximum atomic E-state index is 4.43. The van der Waals surface area contributed by atoms with E-state index in [2.05, 4.69) is 50.1 Å². The first-order chi connectivity index (χ1) is 9.10. The molecule has 0 atom stereocenters. The number of nitrogens with one attached hydrogen (secondary N) is 1. The van der Waals surface area contributed by atoms with E-state index < -0.39 is 0 Å². The highest BCUT2D eigenvalue weighted by Gasteiger charge is 2.05. The minimum Gasteiger partial charge on any atom is -0.306 e. The van der Waals surface area contributed by atoms with Crippen molar-refractivity contribution in [2.75, 3.05) is 0 Å². The van der Waals surface area contributed by atoms with Crippen LogP contribution in [-0.2, 0) is 19.5 Å². The Morgan fingerprint density at radius 2 is 1.79 bits per heavy atom. The van der Waals surface area contributed by atoms with Gasteiger partial charge in [-0.15, -0.1) is 11.3 Å². The van der Waals surface area contributed by atoms with Crippen molar-refractivity contribution in [1.82, 2.24) is 10.3 Å². The zero-order valence-corrected chi connectivity index (χ0v) is 13.0. The van der Waals surface area contributed by atoms with Crippen LogP contribution in [0, 0.1) is 20.8 Å². The molecule has 102 valence electrons.